The first-order valence-corrected chi connectivity index (χ1v) is 6.80. The van der Waals surface area contributed by atoms with Gasteiger partial charge in [-0.3, -0.25) is 25.7 Å². The molecule has 0 amide bonds. The summed E-state index contributed by atoms with van der Waals surface area (Å²) in [6, 6.07) is 10.5. The lowest BCUT2D eigenvalue weighted by Gasteiger charge is -2.02. The van der Waals surface area contributed by atoms with Crippen LogP contribution in [0.2, 0.25) is 5.02 Å². The molecule has 23 heavy (non-hydrogen) atoms. The topological polar surface area (TPSA) is 111 Å². The summed E-state index contributed by atoms with van der Waals surface area (Å²) < 4.78 is 0. The Morgan fingerprint density at radius 1 is 1.13 bits per heavy atom. The number of nitro benzene ring substituents is 2. The van der Waals surface area contributed by atoms with E-state index in [0.717, 1.165) is 11.6 Å². The van der Waals surface area contributed by atoms with Crippen molar-refractivity contribution in [1.82, 2.24) is 0 Å². The van der Waals surface area contributed by atoms with Gasteiger partial charge in [-0.25, -0.2) is 0 Å². The summed E-state index contributed by atoms with van der Waals surface area (Å²) in [4.78, 5) is 20.2. The number of benzene rings is 2. The molecule has 0 aliphatic heterocycles. The third kappa shape index (κ3) is 4.24. The van der Waals surface area contributed by atoms with Gasteiger partial charge in [0, 0.05) is 23.7 Å². The molecule has 0 fully saturated rings. The van der Waals surface area contributed by atoms with E-state index in [-0.39, 0.29) is 11.4 Å². The van der Waals surface area contributed by atoms with Crippen LogP contribution in [0.5, 0.6) is 0 Å². The first kappa shape index (κ1) is 16.4. The average molecular weight is 335 g/mol. The van der Waals surface area contributed by atoms with E-state index in [1.807, 2.05) is 18.2 Å². The van der Waals surface area contributed by atoms with Gasteiger partial charge < -0.3 is 0 Å². The molecule has 0 spiro atoms. The van der Waals surface area contributed by atoms with Crippen LogP contribution in [0.4, 0.5) is 17.1 Å². The van der Waals surface area contributed by atoms with Crippen LogP contribution in [0.1, 0.15) is 5.56 Å². The molecule has 0 atom stereocenters. The molecule has 0 heterocycles. The highest BCUT2D eigenvalue weighted by Crippen LogP contribution is 2.28. The zero-order valence-electron chi connectivity index (χ0n) is 11.7. The van der Waals surface area contributed by atoms with Crippen molar-refractivity contribution in [1.29, 1.82) is 0 Å². The van der Waals surface area contributed by atoms with Crippen molar-refractivity contribution >= 4 is 34.9 Å². The highest BCUT2D eigenvalue weighted by atomic mass is 35.5. The monoisotopic (exact) mass is 334 g/mol. The number of hydrogen-bond donors (Lipinski definition) is 1. The number of nitrogens with zero attached hydrogens (tertiary/aromatic N) is 3. The van der Waals surface area contributed by atoms with Crippen molar-refractivity contribution in [2.45, 2.75) is 6.42 Å². The normalized spacial score (nSPS) is 10.7. The number of non-ortho nitro benzene ring substituents is 1. The summed E-state index contributed by atoms with van der Waals surface area (Å²) in [6.07, 6.45) is 1.94. The van der Waals surface area contributed by atoms with Crippen molar-refractivity contribution in [2.75, 3.05) is 5.43 Å². The van der Waals surface area contributed by atoms with E-state index in [2.05, 4.69) is 10.5 Å². The number of hydrogen-bond acceptors (Lipinski definition) is 6. The van der Waals surface area contributed by atoms with Gasteiger partial charge in [-0.2, -0.15) is 5.10 Å². The van der Waals surface area contributed by atoms with Gasteiger partial charge in [0.1, 0.15) is 5.69 Å². The van der Waals surface area contributed by atoms with Crippen LogP contribution in [0, 0.1) is 20.2 Å². The van der Waals surface area contributed by atoms with Gasteiger partial charge in [0.05, 0.1) is 15.9 Å². The minimum absolute atomic E-state index is 0.0657. The lowest BCUT2D eigenvalue weighted by molar-refractivity contribution is -0.393. The zero-order valence-corrected chi connectivity index (χ0v) is 12.4. The lowest BCUT2D eigenvalue weighted by Crippen LogP contribution is -1.99. The molecule has 0 radical (unpaired) electrons. The predicted molar refractivity (Wildman–Crippen MR) is 87.0 cm³/mol. The fraction of sp³-hybridized carbons (Fsp3) is 0.0714. The molecule has 2 aromatic rings. The molecule has 8 nitrogen and oxygen atoms in total. The van der Waals surface area contributed by atoms with Gasteiger partial charge >= 0.3 is 5.69 Å². The molecule has 0 aromatic heterocycles. The lowest BCUT2D eigenvalue weighted by atomic mass is 10.2. The molecule has 0 saturated heterocycles. The standard InChI is InChI=1S/C14H11ClN4O4/c15-12-4-2-1-3-10(12)7-8-16-17-13-6-5-11(18(20)21)9-14(13)19(22)23/h1-6,8-9,17H,7H2. The average Bonchev–Trinajstić information content (AvgIpc) is 2.52. The van der Waals surface area contributed by atoms with Crippen molar-refractivity contribution in [3.63, 3.8) is 0 Å². The Morgan fingerprint density at radius 3 is 2.52 bits per heavy atom. The Balaban J connectivity index is 2.11. The van der Waals surface area contributed by atoms with E-state index in [9.17, 15) is 20.2 Å². The SMILES string of the molecule is O=[N+]([O-])c1ccc(NN=CCc2ccccc2Cl)c([N+](=O)[O-])c1. The van der Waals surface area contributed by atoms with Crippen molar-refractivity contribution < 1.29 is 9.85 Å². The van der Waals surface area contributed by atoms with Crippen LogP contribution in [0.3, 0.4) is 0 Å². The summed E-state index contributed by atoms with van der Waals surface area (Å²) >= 11 is 6.00. The maximum absolute atomic E-state index is 11.0. The van der Waals surface area contributed by atoms with E-state index in [1.165, 1.54) is 18.3 Å². The minimum atomic E-state index is -0.709. The molecular weight excluding hydrogens is 324 g/mol. The van der Waals surface area contributed by atoms with Gasteiger partial charge in [0.25, 0.3) is 5.69 Å². The maximum atomic E-state index is 11.0. The Labute approximate surface area is 135 Å². The quantitative estimate of drug-likeness (QED) is 0.490. The Morgan fingerprint density at radius 2 is 1.87 bits per heavy atom. The molecule has 0 saturated carbocycles. The van der Waals surface area contributed by atoms with Gasteiger partial charge in [-0.05, 0) is 17.7 Å². The molecule has 0 unspecified atom stereocenters. The molecule has 0 aliphatic carbocycles. The van der Waals surface area contributed by atoms with Crippen LogP contribution in [-0.4, -0.2) is 16.1 Å². The van der Waals surface area contributed by atoms with Gasteiger partial charge in [0.2, 0.25) is 0 Å². The Hall–Kier alpha value is -3.00. The predicted octanol–water partition coefficient (Wildman–Crippen LogP) is 3.80. The molecule has 1 N–H and O–H groups in total. The number of anilines is 1. The number of rotatable bonds is 6. The second kappa shape index (κ2) is 7.32. The summed E-state index contributed by atoms with van der Waals surface area (Å²) in [5.41, 5.74) is 2.66. The second-order valence-electron chi connectivity index (χ2n) is 4.43. The van der Waals surface area contributed by atoms with Crippen molar-refractivity contribution in [3.8, 4) is 0 Å². The Bertz CT molecular complexity index is 779. The van der Waals surface area contributed by atoms with Crippen molar-refractivity contribution in [3.05, 3.63) is 73.3 Å². The number of hydrazone groups is 1. The highest BCUT2D eigenvalue weighted by molar-refractivity contribution is 6.31. The van der Waals surface area contributed by atoms with Gasteiger partial charge in [-0.15, -0.1) is 0 Å². The van der Waals surface area contributed by atoms with Crippen LogP contribution in [-0.2, 0) is 6.42 Å². The summed E-state index contributed by atoms with van der Waals surface area (Å²) in [5.74, 6) is 0. The number of nitrogens with one attached hydrogen (secondary N) is 1. The van der Waals surface area contributed by atoms with Crippen LogP contribution < -0.4 is 5.43 Å². The maximum Gasteiger partial charge on any atom is 0.301 e. The minimum Gasteiger partial charge on any atom is -0.272 e. The van der Waals surface area contributed by atoms with Crippen molar-refractivity contribution in [2.24, 2.45) is 5.10 Å². The number of halogens is 1. The molecule has 2 aromatic carbocycles. The van der Waals surface area contributed by atoms with E-state index < -0.39 is 15.5 Å². The Kier molecular flexibility index (Phi) is 5.21. The molecule has 0 bridgehead atoms. The van der Waals surface area contributed by atoms with E-state index in [4.69, 9.17) is 11.6 Å². The molecule has 118 valence electrons. The largest absolute Gasteiger partial charge is 0.301 e. The number of nitro groups is 2. The summed E-state index contributed by atoms with van der Waals surface area (Å²) in [6.45, 7) is 0. The van der Waals surface area contributed by atoms with E-state index in [0.29, 0.717) is 11.4 Å². The second-order valence-corrected chi connectivity index (χ2v) is 4.84. The van der Waals surface area contributed by atoms with Crippen LogP contribution >= 0.6 is 11.6 Å². The molecule has 9 heteroatoms. The van der Waals surface area contributed by atoms with Crippen LogP contribution in [0.15, 0.2) is 47.6 Å². The van der Waals surface area contributed by atoms with Gasteiger partial charge in [0.15, 0.2) is 0 Å². The third-order valence-corrected chi connectivity index (χ3v) is 3.30. The molecule has 0 aliphatic rings. The fourth-order valence-corrected chi connectivity index (χ4v) is 2.02. The molecular formula is C14H11ClN4O4. The third-order valence-electron chi connectivity index (χ3n) is 2.93. The van der Waals surface area contributed by atoms with E-state index >= 15 is 0 Å². The molecule has 2 rings (SSSR count). The van der Waals surface area contributed by atoms with E-state index in [1.54, 1.807) is 6.07 Å². The smallest absolute Gasteiger partial charge is 0.272 e. The zero-order chi connectivity index (χ0) is 16.8. The summed E-state index contributed by atoms with van der Waals surface area (Å²) in [5, 5.41) is 26.1. The fourth-order valence-electron chi connectivity index (χ4n) is 1.80. The first-order chi connectivity index (χ1) is 11.0. The highest BCUT2D eigenvalue weighted by Gasteiger charge is 2.18. The first-order valence-electron chi connectivity index (χ1n) is 6.43. The summed E-state index contributed by atoms with van der Waals surface area (Å²) in [7, 11) is 0. The van der Waals surface area contributed by atoms with Gasteiger partial charge in [-0.1, -0.05) is 29.8 Å². The van der Waals surface area contributed by atoms with Crippen LogP contribution in [0.25, 0.3) is 0 Å².